The molecular formula is C28H29NO5S. The molecule has 0 radical (unpaired) electrons. The summed E-state index contributed by atoms with van der Waals surface area (Å²) < 4.78 is 24.1. The molecule has 4 bridgehead atoms. The highest BCUT2D eigenvalue weighted by molar-refractivity contribution is 8.00. The number of thioether (sulfide) groups is 1. The summed E-state index contributed by atoms with van der Waals surface area (Å²) >= 11 is 1.49. The number of carbonyl (C=O) groups is 1. The Morgan fingerprint density at radius 3 is 2.80 bits per heavy atom. The topological polar surface area (TPSA) is 57.2 Å². The lowest BCUT2D eigenvalue weighted by Gasteiger charge is -2.69. The first-order valence-corrected chi connectivity index (χ1v) is 13.1. The van der Waals surface area contributed by atoms with Crippen LogP contribution in [0.3, 0.4) is 0 Å². The Morgan fingerprint density at radius 1 is 1.17 bits per heavy atom. The van der Waals surface area contributed by atoms with E-state index in [0.717, 1.165) is 41.3 Å². The number of rotatable bonds is 5. The van der Waals surface area contributed by atoms with Crippen molar-refractivity contribution in [1.82, 2.24) is 4.90 Å². The van der Waals surface area contributed by atoms with Gasteiger partial charge in [-0.05, 0) is 67.4 Å². The normalized spacial score (nSPS) is 34.7. The Hall–Kier alpha value is -2.48. The molecule has 0 aromatic heterocycles. The van der Waals surface area contributed by atoms with Gasteiger partial charge in [0.15, 0.2) is 11.5 Å². The molecule has 7 heteroatoms. The molecule has 0 unspecified atom stereocenters. The van der Waals surface area contributed by atoms with Crippen molar-refractivity contribution in [3.63, 3.8) is 0 Å². The first kappa shape index (κ1) is 21.8. The summed E-state index contributed by atoms with van der Waals surface area (Å²) in [7, 11) is 7.19. The monoisotopic (exact) mass is 491 g/mol. The van der Waals surface area contributed by atoms with Crippen molar-refractivity contribution in [3.05, 3.63) is 64.7 Å². The largest absolute Gasteiger partial charge is 0.493 e. The molecule has 8 rings (SSSR count). The minimum atomic E-state index is -0.724. The molecule has 2 heterocycles. The van der Waals surface area contributed by atoms with Crippen molar-refractivity contribution in [2.24, 2.45) is 0 Å². The summed E-state index contributed by atoms with van der Waals surface area (Å²) in [4.78, 5) is 15.4. The molecule has 2 aromatic rings. The molecule has 2 spiro atoms. The van der Waals surface area contributed by atoms with Gasteiger partial charge in [0.05, 0.1) is 25.4 Å². The molecule has 35 heavy (non-hydrogen) atoms. The van der Waals surface area contributed by atoms with Gasteiger partial charge in [-0.3, -0.25) is 4.79 Å². The number of nitrogens with zero attached hydrogens (tertiary/aromatic N) is 1. The summed E-state index contributed by atoms with van der Waals surface area (Å²) in [6, 6.07) is 11.2. The van der Waals surface area contributed by atoms with Gasteiger partial charge in [0.2, 0.25) is 0 Å². The molecule has 0 amide bonds. The average molecular weight is 492 g/mol. The van der Waals surface area contributed by atoms with Crippen LogP contribution in [-0.2, 0) is 37.1 Å². The van der Waals surface area contributed by atoms with Crippen LogP contribution in [0.25, 0.3) is 0 Å². The van der Waals surface area contributed by atoms with Crippen LogP contribution in [0.15, 0.2) is 47.4 Å². The van der Waals surface area contributed by atoms with E-state index < -0.39 is 5.60 Å². The molecule has 5 atom stereocenters. The number of benzene rings is 2. The number of piperidine rings is 1. The molecule has 0 N–H and O–H groups in total. The Labute approximate surface area is 209 Å². The fraction of sp³-hybridized carbons (Fsp3) is 0.464. The smallest absolute Gasteiger partial charge is 0.315 e. The first-order chi connectivity index (χ1) is 17.0. The van der Waals surface area contributed by atoms with Crippen LogP contribution in [0.1, 0.15) is 28.7 Å². The third-order valence-electron chi connectivity index (χ3n) is 9.39. The Morgan fingerprint density at radius 2 is 2.03 bits per heavy atom. The molecule has 6 aliphatic rings. The number of carbonyl (C=O) groups excluding carboxylic acids is 1. The zero-order valence-corrected chi connectivity index (χ0v) is 21.2. The zero-order chi connectivity index (χ0) is 24.2. The van der Waals surface area contributed by atoms with Gasteiger partial charge in [-0.1, -0.05) is 18.2 Å². The van der Waals surface area contributed by atoms with Crippen LogP contribution in [0.4, 0.5) is 0 Å². The highest BCUT2D eigenvalue weighted by Gasteiger charge is 2.78. The van der Waals surface area contributed by atoms with Crippen LogP contribution in [-0.4, -0.2) is 63.7 Å². The van der Waals surface area contributed by atoms with E-state index in [9.17, 15) is 4.79 Å². The third-order valence-corrected chi connectivity index (χ3v) is 10.4. The average Bonchev–Trinajstić information content (AvgIpc) is 3.26. The van der Waals surface area contributed by atoms with E-state index in [-0.39, 0.29) is 28.7 Å². The highest BCUT2D eigenvalue weighted by Crippen LogP contribution is 2.74. The van der Waals surface area contributed by atoms with Gasteiger partial charge in [-0.25, -0.2) is 0 Å². The van der Waals surface area contributed by atoms with Crippen LogP contribution >= 0.6 is 11.8 Å². The van der Waals surface area contributed by atoms with Gasteiger partial charge in [0, 0.05) is 29.0 Å². The van der Waals surface area contributed by atoms with Crippen molar-refractivity contribution in [3.8, 4) is 11.5 Å². The van der Waals surface area contributed by atoms with Crippen LogP contribution in [0.5, 0.6) is 11.5 Å². The van der Waals surface area contributed by atoms with Crippen molar-refractivity contribution < 1.29 is 23.7 Å². The quantitative estimate of drug-likeness (QED) is 0.360. The minimum absolute atomic E-state index is 0.195. The lowest BCUT2D eigenvalue weighted by Crippen LogP contribution is -2.77. The number of ether oxygens (including phenoxy) is 4. The van der Waals surface area contributed by atoms with E-state index in [2.05, 4.69) is 54.4 Å². The molecule has 1 fully saturated rings. The predicted molar refractivity (Wildman–Crippen MR) is 133 cm³/mol. The number of methoxy groups -OCH3 is 3. The predicted octanol–water partition coefficient (Wildman–Crippen LogP) is 3.58. The summed E-state index contributed by atoms with van der Waals surface area (Å²) in [6.07, 6.45) is 6.45. The van der Waals surface area contributed by atoms with Gasteiger partial charge in [0.25, 0.3) is 0 Å². The number of esters is 1. The van der Waals surface area contributed by atoms with E-state index in [0.29, 0.717) is 6.04 Å². The second kappa shape index (κ2) is 7.05. The molecule has 6 nitrogen and oxygen atoms in total. The minimum Gasteiger partial charge on any atom is -0.493 e. The standard InChI is InChI=1S/C28H29NO5S/c1-29-12-11-27-23-16-5-8-20(31-2)24(23)34-25(27)28(33-4)10-9-26(27,21(29)13-16)18-7-6-17(14-19(18)28)35-15-22(30)32-3/h5-10,14,21,25H,11-13,15H2,1-4H3/t21-,25-,26-,27+,28-/m1/s1. The molecule has 1 saturated heterocycles. The van der Waals surface area contributed by atoms with Gasteiger partial charge < -0.3 is 23.8 Å². The maximum Gasteiger partial charge on any atom is 0.315 e. The summed E-state index contributed by atoms with van der Waals surface area (Å²) in [5.41, 5.74) is 3.99. The fourth-order valence-electron chi connectivity index (χ4n) is 8.04. The third kappa shape index (κ3) is 2.29. The van der Waals surface area contributed by atoms with E-state index >= 15 is 0 Å². The van der Waals surface area contributed by atoms with Crippen molar-refractivity contribution >= 4 is 17.7 Å². The Kier molecular flexibility index (Phi) is 4.39. The van der Waals surface area contributed by atoms with E-state index in [1.54, 1.807) is 14.2 Å². The van der Waals surface area contributed by atoms with E-state index in [1.807, 2.05) is 0 Å². The van der Waals surface area contributed by atoms with Crippen molar-refractivity contribution in [1.29, 1.82) is 0 Å². The molecule has 2 aliphatic heterocycles. The molecule has 0 saturated carbocycles. The van der Waals surface area contributed by atoms with E-state index in [1.165, 1.54) is 35.6 Å². The SMILES string of the molecule is COC(=O)CSc1ccc2c(c1)[C@]1(OC)C=C[C@]23[C@H]2Cc4ccc(OC)c5c4[C@@]3(CCN2C)[C@H]1O5. The van der Waals surface area contributed by atoms with E-state index in [4.69, 9.17) is 18.9 Å². The lowest BCUT2D eigenvalue weighted by atomic mass is 9.38. The lowest BCUT2D eigenvalue weighted by molar-refractivity contribution is -0.144. The van der Waals surface area contributed by atoms with Gasteiger partial charge in [-0.2, -0.15) is 0 Å². The number of hydrogen-bond acceptors (Lipinski definition) is 7. The first-order valence-electron chi connectivity index (χ1n) is 12.1. The maximum atomic E-state index is 11.8. The second-order valence-electron chi connectivity index (χ2n) is 10.3. The van der Waals surface area contributed by atoms with Gasteiger partial charge in [-0.15, -0.1) is 11.8 Å². The molecular weight excluding hydrogens is 462 g/mol. The van der Waals surface area contributed by atoms with Crippen LogP contribution in [0, 0.1) is 0 Å². The number of hydrogen-bond donors (Lipinski definition) is 0. The highest BCUT2D eigenvalue weighted by atomic mass is 32.2. The zero-order valence-electron chi connectivity index (χ0n) is 20.4. The van der Waals surface area contributed by atoms with Crippen LogP contribution in [0.2, 0.25) is 0 Å². The Bertz CT molecular complexity index is 1310. The second-order valence-corrected chi connectivity index (χ2v) is 11.4. The maximum absolute atomic E-state index is 11.8. The fourth-order valence-corrected chi connectivity index (χ4v) is 8.80. The van der Waals surface area contributed by atoms with Crippen molar-refractivity contribution in [2.75, 3.05) is 40.7 Å². The number of likely N-dealkylation sites (N-methyl/N-ethyl adjacent to an activating group) is 1. The molecule has 2 aromatic carbocycles. The summed E-state index contributed by atoms with van der Waals surface area (Å²) in [5.74, 6) is 1.73. The number of likely N-dealkylation sites (tertiary alicyclic amines) is 1. The Balaban J connectivity index is 1.51. The molecule has 4 aliphatic carbocycles. The molecule has 182 valence electrons. The summed E-state index contributed by atoms with van der Waals surface area (Å²) in [6.45, 7) is 1.01. The van der Waals surface area contributed by atoms with Gasteiger partial charge >= 0.3 is 5.97 Å². The summed E-state index contributed by atoms with van der Waals surface area (Å²) in [5, 5.41) is 0. The van der Waals surface area contributed by atoms with Gasteiger partial charge in [0.1, 0.15) is 11.7 Å². The van der Waals surface area contributed by atoms with Crippen molar-refractivity contribution in [2.45, 2.75) is 46.3 Å². The van der Waals surface area contributed by atoms with Crippen LogP contribution < -0.4 is 9.47 Å².